The molecule has 0 unspecified atom stereocenters. The Morgan fingerprint density at radius 3 is 2.17 bits per heavy atom. The van der Waals surface area contributed by atoms with Gasteiger partial charge in [-0.2, -0.15) is 0 Å². The first kappa shape index (κ1) is 13.9. The number of nitrogens with one attached hydrogen (secondary N) is 1. The van der Waals surface area contributed by atoms with Crippen LogP contribution in [0.5, 0.6) is 0 Å². The summed E-state index contributed by atoms with van der Waals surface area (Å²) < 4.78 is 0. The minimum atomic E-state index is 0.324. The molecular weight excluding hydrogens is 286 g/mol. The number of hydrogen-bond donors (Lipinski definition) is 2. The molecule has 2 aromatic heterocycles. The number of imidazole rings is 1. The molecule has 2 heterocycles. The maximum Gasteiger partial charge on any atom is 0.219 e. The highest BCUT2D eigenvalue weighted by Crippen LogP contribution is 2.38. The first-order valence-electron chi connectivity index (χ1n) is 7.92. The van der Waals surface area contributed by atoms with Crippen LogP contribution >= 0.6 is 0 Å². The molecule has 0 saturated heterocycles. The highest BCUT2D eigenvalue weighted by Gasteiger charge is 2.19. The topological polar surface area (TPSA) is 80.5 Å². The number of aromatic amines is 1. The van der Waals surface area contributed by atoms with Gasteiger partial charge in [0.1, 0.15) is 5.82 Å². The highest BCUT2D eigenvalue weighted by atomic mass is 15.0. The van der Waals surface area contributed by atoms with E-state index in [0.717, 1.165) is 42.8 Å². The quantitative estimate of drug-likeness (QED) is 0.890. The third-order valence-corrected chi connectivity index (χ3v) is 4.53. The van der Waals surface area contributed by atoms with Crippen molar-refractivity contribution in [3.63, 3.8) is 0 Å². The van der Waals surface area contributed by atoms with E-state index in [1.165, 1.54) is 22.3 Å². The number of anilines is 1. The van der Waals surface area contributed by atoms with Crippen molar-refractivity contribution in [3.05, 3.63) is 59.0 Å². The van der Waals surface area contributed by atoms with Gasteiger partial charge >= 0.3 is 0 Å². The van der Waals surface area contributed by atoms with Gasteiger partial charge in [-0.15, -0.1) is 0 Å². The van der Waals surface area contributed by atoms with E-state index < -0.39 is 0 Å². The average Bonchev–Trinajstić information content (AvgIpc) is 3.01. The first-order chi connectivity index (χ1) is 11.2. The van der Waals surface area contributed by atoms with Gasteiger partial charge in [-0.05, 0) is 54.9 Å². The fourth-order valence-electron chi connectivity index (χ4n) is 3.28. The van der Waals surface area contributed by atoms with Crippen molar-refractivity contribution in [1.29, 1.82) is 0 Å². The van der Waals surface area contributed by atoms with Gasteiger partial charge in [0, 0.05) is 18.0 Å². The fraction of sp³-hybridized carbons (Fsp3) is 0.278. The van der Waals surface area contributed by atoms with Gasteiger partial charge in [-0.3, -0.25) is 0 Å². The van der Waals surface area contributed by atoms with Crippen LogP contribution in [0, 0.1) is 6.92 Å². The highest BCUT2D eigenvalue weighted by molar-refractivity contribution is 5.74. The van der Waals surface area contributed by atoms with E-state index in [4.69, 9.17) is 5.73 Å². The van der Waals surface area contributed by atoms with E-state index in [1.807, 2.05) is 25.5 Å². The molecule has 2 aromatic rings. The molecule has 0 fully saturated rings. The Kier molecular flexibility index (Phi) is 3.33. The predicted molar refractivity (Wildman–Crippen MR) is 91.2 cm³/mol. The van der Waals surface area contributed by atoms with Crippen LogP contribution in [0.4, 0.5) is 5.95 Å². The van der Waals surface area contributed by atoms with E-state index in [0.29, 0.717) is 5.95 Å². The van der Waals surface area contributed by atoms with Gasteiger partial charge in [-0.1, -0.05) is 12.2 Å². The summed E-state index contributed by atoms with van der Waals surface area (Å²) in [6.07, 6.45) is 14.4. The van der Waals surface area contributed by atoms with E-state index in [1.54, 1.807) is 0 Å². The number of nitrogens with zero attached hydrogens (tertiary/aromatic N) is 3. The van der Waals surface area contributed by atoms with Crippen LogP contribution in [0.15, 0.2) is 41.9 Å². The Bertz CT molecular complexity index is 837. The van der Waals surface area contributed by atoms with Crippen molar-refractivity contribution < 1.29 is 0 Å². The maximum absolute atomic E-state index is 5.57. The van der Waals surface area contributed by atoms with Gasteiger partial charge in [0.15, 0.2) is 0 Å². The summed E-state index contributed by atoms with van der Waals surface area (Å²) in [5, 5.41) is 0. The molecule has 0 bridgehead atoms. The van der Waals surface area contributed by atoms with Crippen molar-refractivity contribution >= 4 is 17.1 Å². The van der Waals surface area contributed by atoms with Crippen LogP contribution in [0.25, 0.3) is 11.1 Å². The van der Waals surface area contributed by atoms with Crippen molar-refractivity contribution in [3.8, 4) is 0 Å². The molecule has 5 heteroatoms. The lowest BCUT2D eigenvalue weighted by Crippen LogP contribution is -2.04. The second-order valence-electron chi connectivity index (χ2n) is 6.10. The Morgan fingerprint density at radius 2 is 1.52 bits per heavy atom. The minimum absolute atomic E-state index is 0.324. The van der Waals surface area contributed by atoms with E-state index in [9.17, 15) is 0 Å². The summed E-state index contributed by atoms with van der Waals surface area (Å²) in [5.41, 5.74) is 13.3. The van der Waals surface area contributed by atoms with Crippen LogP contribution in [0.1, 0.15) is 42.8 Å². The van der Waals surface area contributed by atoms with Crippen molar-refractivity contribution in [1.82, 2.24) is 19.9 Å². The summed E-state index contributed by atoms with van der Waals surface area (Å²) in [4.78, 5) is 15.8. The van der Waals surface area contributed by atoms with Crippen molar-refractivity contribution in [2.45, 2.75) is 32.6 Å². The SMILES string of the molecule is Cc1ncc(C2=CC3=C(C=C(c4cnc(N)nc4)CC3)CC2)[nH]1. The summed E-state index contributed by atoms with van der Waals surface area (Å²) in [6, 6.07) is 0. The van der Waals surface area contributed by atoms with Gasteiger partial charge in [0.25, 0.3) is 0 Å². The third kappa shape index (κ3) is 2.70. The smallest absolute Gasteiger partial charge is 0.219 e. The molecule has 116 valence electrons. The predicted octanol–water partition coefficient (Wildman–Crippen LogP) is 3.44. The summed E-state index contributed by atoms with van der Waals surface area (Å²) in [5.74, 6) is 1.29. The van der Waals surface area contributed by atoms with Crippen LogP contribution < -0.4 is 5.73 Å². The lowest BCUT2D eigenvalue weighted by molar-refractivity contribution is 0.899. The number of nitrogens with two attached hydrogens (primary N) is 1. The number of nitrogen functional groups attached to an aromatic ring is 1. The van der Waals surface area contributed by atoms with E-state index >= 15 is 0 Å². The zero-order valence-corrected chi connectivity index (χ0v) is 13.1. The Balaban J connectivity index is 1.64. The Labute approximate surface area is 135 Å². The third-order valence-electron chi connectivity index (χ3n) is 4.53. The number of allylic oxidation sites excluding steroid dienone is 6. The molecule has 0 radical (unpaired) electrons. The molecule has 0 spiro atoms. The second-order valence-corrected chi connectivity index (χ2v) is 6.10. The molecule has 23 heavy (non-hydrogen) atoms. The summed E-state index contributed by atoms with van der Waals surface area (Å²) in [7, 11) is 0. The largest absolute Gasteiger partial charge is 0.368 e. The number of aromatic nitrogens is 4. The van der Waals surface area contributed by atoms with E-state index in [2.05, 4.69) is 32.1 Å². The van der Waals surface area contributed by atoms with Crippen LogP contribution in [-0.4, -0.2) is 19.9 Å². The molecule has 0 aliphatic heterocycles. The molecule has 0 atom stereocenters. The molecule has 5 nitrogen and oxygen atoms in total. The van der Waals surface area contributed by atoms with Crippen LogP contribution in [0.3, 0.4) is 0 Å². The summed E-state index contributed by atoms with van der Waals surface area (Å²) >= 11 is 0. The zero-order valence-electron chi connectivity index (χ0n) is 13.1. The Morgan fingerprint density at radius 1 is 0.870 bits per heavy atom. The van der Waals surface area contributed by atoms with Crippen LogP contribution in [-0.2, 0) is 0 Å². The van der Waals surface area contributed by atoms with Crippen molar-refractivity contribution in [2.75, 3.05) is 5.73 Å². The van der Waals surface area contributed by atoms with Gasteiger partial charge in [-0.25, -0.2) is 15.0 Å². The summed E-state index contributed by atoms with van der Waals surface area (Å²) in [6.45, 7) is 1.99. The monoisotopic (exact) mass is 305 g/mol. The Hall–Kier alpha value is -2.69. The standard InChI is InChI=1S/C18H19N5/c1-11-20-10-17(23-11)15-5-4-12-6-14(3-2-13(12)7-15)16-8-21-18(19)22-9-16/h6-10H,2-5H2,1H3,(H,20,23)(H2,19,21,22). The lowest BCUT2D eigenvalue weighted by Gasteiger charge is -2.23. The molecule has 3 N–H and O–H groups in total. The molecule has 4 rings (SSSR count). The number of aryl methyl sites for hydroxylation is 1. The molecule has 0 amide bonds. The number of H-pyrrole nitrogens is 1. The maximum atomic E-state index is 5.57. The van der Waals surface area contributed by atoms with Gasteiger partial charge in [0.2, 0.25) is 5.95 Å². The molecule has 2 aliphatic rings. The van der Waals surface area contributed by atoms with Gasteiger partial charge < -0.3 is 10.7 Å². The van der Waals surface area contributed by atoms with Gasteiger partial charge in [0.05, 0.1) is 11.9 Å². The average molecular weight is 305 g/mol. The second kappa shape index (κ2) is 5.50. The van der Waals surface area contributed by atoms with E-state index in [-0.39, 0.29) is 0 Å². The molecule has 0 saturated carbocycles. The minimum Gasteiger partial charge on any atom is -0.368 e. The normalized spacial score (nSPS) is 17.6. The van der Waals surface area contributed by atoms with Crippen molar-refractivity contribution in [2.24, 2.45) is 0 Å². The molecular formula is C18H19N5. The fourth-order valence-corrected chi connectivity index (χ4v) is 3.28. The molecule has 2 aliphatic carbocycles. The molecule has 0 aromatic carbocycles. The first-order valence-corrected chi connectivity index (χ1v) is 7.92. The van der Waals surface area contributed by atoms with Crippen LogP contribution in [0.2, 0.25) is 0 Å². The zero-order chi connectivity index (χ0) is 15.8. The number of rotatable bonds is 2. The number of hydrogen-bond acceptors (Lipinski definition) is 4. The lowest BCUT2D eigenvalue weighted by atomic mass is 9.82.